The van der Waals surface area contributed by atoms with Crippen LogP contribution in [-0.2, 0) is 12.8 Å². The number of ketones is 1. The molecule has 0 saturated heterocycles. The van der Waals surface area contributed by atoms with Gasteiger partial charge in [0.25, 0.3) is 0 Å². The van der Waals surface area contributed by atoms with Crippen LogP contribution in [0.25, 0.3) is 0 Å². The average molecular weight is 447 g/mol. The minimum atomic E-state index is 0.230. The van der Waals surface area contributed by atoms with Crippen molar-refractivity contribution < 1.29 is 4.79 Å². The maximum absolute atomic E-state index is 12.8. The van der Waals surface area contributed by atoms with E-state index < -0.39 is 0 Å². The number of rotatable bonds is 14. The third kappa shape index (κ3) is 8.76. The van der Waals surface area contributed by atoms with Crippen molar-refractivity contribution >= 4 is 5.78 Å². The number of Topliss-reactive ketones (excluding diaryl/α,β-unsaturated/α-hetero) is 1. The predicted octanol–water partition coefficient (Wildman–Crippen LogP) is 9.48. The molecular weight excluding hydrogens is 400 g/mol. The van der Waals surface area contributed by atoms with Crippen LogP contribution in [0.4, 0.5) is 0 Å². The number of aryl methyl sites for hydroxylation is 1. The second-order valence-electron chi connectivity index (χ2n) is 10.4. The fourth-order valence-electron chi connectivity index (χ4n) is 5.45. The van der Waals surface area contributed by atoms with Gasteiger partial charge in [0.15, 0.2) is 5.78 Å². The van der Waals surface area contributed by atoms with Gasteiger partial charge in [-0.05, 0) is 67.1 Å². The van der Waals surface area contributed by atoms with Gasteiger partial charge in [0.1, 0.15) is 0 Å². The lowest BCUT2D eigenvalue weighted by atomic mass is 9.77. The molecule has 180 valence electrons. The van der Waals surface area contributed by atoms with E-state index in [4.69, 9.17) is 0 Å². The Balaban J connectivity index is 1.43. The molecule has 0 atom stereocenters. The second kappa shape index (κ2) is 14.4. The largest absolute Gasteiger partial charge is 0.294 e. The maximum atomic E-state index is 12.8. The standard InChI is InChI=1S/C32H46O/c1-3-5-7-8-10-12-26-13-15-28(16-14-26)25-32(33)31-23-21-30(22-24-31)29-19-17-27(18-20-29)11-9-6-4-2/h13-16,21-24,27,29H,3-12,17-20,25H2,1-2H3. The Hall–Kier alpha value is -1.89. The molecule has 0 bridgehead atoms. The Kier molecular flexibility index (Phi) is 11.2. The highest BCUT2D eigenvalue weighted by Gasteiger charge is 2.22. The Morgan fingerprint density at radius 3 is 1.97 bits per heavy atom. The number of carbonyl (C=O) groups is 1. The molecule has 0 unspecified atom stereocenters. The van der Waals surface area contributed by atoms with Gasteiger partial charge in [-0.25, -0.2) is 0 Å². The second-order valence-corrected chi connectivity index (χ2v) is 10.4. The molecule has 0 N–H and O–H groups in total. The zero-order chi connectivity index (χ0) is 23.3. The van der Waals surface area contributed by atoms with Crippen molar-refractivity contribution in [1.82, 2.24) is 0 Å². The Morgan fingerprint density at radius 1 is 0.697 bits per heavy atom. The highest BCUT2D eigenvalue weighted by atomic mass is 16.1. The van der Waals surface area contributed by atoms with E-state index in [-0.39, 0.29) is 5.78 Å². The van der Waals surface area contributed by atoms with Crippen LogP contribution in [0.3, 0.4) is 0 Å². The monoisotopic (exact) mass is 446 g/mol. The topological polar surface area (TPSA) is 17.1 Å². The predicted molar refractivity (Wildman–Crippen MR) is 142 cm³/mol. The first-order valence-electron chi connectivity index (χ1n) is 13.9. The Morgan fingerprint density at radius 2 is 1.30 bits per heavy atom. The molecule has 3 rings (SSSR count). The van der Waals surface area contributed by atoms with Gasteiger partial charge in [-0.3, -0.25) is 4.79 Å². The molecular formula is C32H46O. The summed E-state index contributed by atoms with van der Waals surface area (Å²) >= 11 is 0. The normalized spacial score (nSPS) is 18.4. The molecule has 1 saturated carbocycles. The van der Waals surface area contributed by atoms with Crippen LogP contribution in [0.1, 0.15) is 130 Å². The molecule has 0 spiro atoms. The highest BCUT2D eigenvalue weighted by molar-refractivity contribution is 5.97. The van der Waals surface area contributed by atoms with Gasteiger partial charge in [-0.15, -0.1) is 0 Å². The lowest BCUT2D eigenvalue weighted by Crippen LogP contribution is -2.13. The fourth-order valence-corrected chi connectivity index (χ4v) is 5.45. The lowest BCUT2D eigenvalue weighted by Gasteiger charge is -2.29. The van der Waals surface area contributed by atoms with Gasteiger partial charge in [0.2, 0.25) is 0 Å². The molecule has 2 aromatic carbocycles. The van der Waals surface area contributed by atoms with Crippen LogP contribution in [0.15, 0.2) is 48.5 Å². The Labute approximate surface area is 203 Å². The molecule has 0 amide bonds. The van der Waals surface area contributed by atoms with E-state index in [0.717, 1.165) is 23.5 Å². The summed E-state index contributed by atoms with van der Waals surface area (Å²) in [6.07, 6.45) is 19.2. The van der Waals surface area contributed by atoms with Crippen molar-refractivity contribution in [2.45, 2.75) is 116 Å². The summed E-state index contributed by atoms with van der Waals surface area (Å²) in [6, 6.07) is 17.3. The van der Waals surface area contributed by atoms with E-state index in [1.165, 1.54) is 94.6 Å². The maximum Gasteiger partial charge on any atom is 0.167 e. The molecule has 2 aromatic rings. The van der Waals surface area contributed by atoms with Crippen molar-refractivity contribution in [2.75, 3.05) is 0 Å². The minimum Gasteiger partial charge on any atom is -0.294 e. The molecule has 1 heteroatoms. The van der Waals surface area contributed by atoms with E-state index in [2.05, 4.69) is 62.4 Å². The molecule has 0 heterocycles. The summed E-state index contributed by atoms with van der Waals surface area (Å²) in [7, 11) is 0. The minimum absolute atomic E-state index is 0.230. The average Bonchev–Trinajstić information content (AvgIpc) is 2.85. The van der Waals surface area contributed by atoms with E-state index in [1.807, 2.05) is 0 Å². The highest BCUT2D eigenvalue weighted by Crippen LogP contribution is 2.37. The lowest BCUT2D eigenvalue weighted by molar-refractivity contribution is 0.0993. The zero-order valence-corrected chi connectivity index (χ0v) is 21.3. The third-order valence-electron chi connectivity index (χ3n) is 7.72. The van der Waals surface area contributed by atoms with Crippen LogP contribution in [0.5, 0.6) is 0 Å². The van der Waals surface area contributed by atoms with Gasteiger partial charge in [-0.1, -0.05) is 114 Å². The SMILES string of the molecule is CCCCCCCc1ccc(CC(=O)c2ccc(C3CCC(CCCCC)CC3)cc2)cc1. The van der Waals surface area contributed by atoms with E-state index in [1.54, 1.807) is 0 Å². The molecule has 0 aromatic heterocycles. The third-order valence-corrected chi connectivity index (χ3v) is 7.72. The van der Waals surface area contributed by atoms with Crippen molar-refractivity contribution in [3.05, 3.63) is 70.8 Å². The van der Waals surface area contributed by atoms with Gasteiger partial charge in [0, 0.05) is 12.0 Å². The van der Waals surface area contributed by atoms with Crippen LogP contribution >= 0.6 is 0 Å². The summed E-state index contributed by atoms with van der Waals surface area (Å²) in [5.41, 5.74) is 4.81. The van der Waals surface area contributed by atoms with E-state index in [0.29, 0.717) is 12.3 Å². The number of carbonyl (C=O) groups excluding carboxylic acids is 1. The number of hydrogen-bond donors (Lipinski definition) is 0. The van der Waals surface area contributed by atoms with Crippen molar-refractivity contribution in [3.63, 3.8) is 0 Å². The van der Waals surface area contributed by atoms with Crippen LogP contribution in [0.2, 0.25) is 0 Å². The first-order valence-corrected chi connectivity index (χ1v) is 13.9. The van der Waals surface area contributed by atoms with Crippen molar-refractivity contribution in [2.24, 2.45) is 5.92 Å². The molecule has 1 nitrogen and oxygen atoms in total. The summed E-state index contributed by atoms with van der Waals surface area (Å²) < 4.78 is 0. The van der Waals surface area contributed by atoms with Crippen molar-refractivity contribution in [3.8, 4) is 0 Å². The van der Waals surface area contributed by atoms with Gasteiger partial charge < -0.3 is 0 Å². The molecule has 0 radical (unpaired) electrons. The molecule has 33 heavy (non-hydrogen) atoms. The zero-order valence-electron chi connectivity index (χ0n) is 21.3. The Bertz CT molecular complexity index is 793. The van der Waals surface area contributed by atoms with Crippen molar-refractivity contribution in [1.29, 1.82) is 0 Å². The molecule has 1 aliphatic carbocycles. The van der Waals surface area contributed by atoms with Crippen LogP contribution in [-0.4, -0.2) is 5.78 Å². The number of unbranched alkanes of at least 4 members (excludes halogenated alkanes) is 6. The molecule has 1 aliphatic rings. The van der Waals surface area contributed by atoms with Gasteiger partial charge in [0.05, 0.1) is 0 Å². The molecule has 1 fully saturated rings. The molecule has 0 aliphatic heterocycles. The quantitative estimate of drug-likeness (QED) is 0.208. The van der Waals surface area contributed by atoms with E-state index >= 15 is 0 Å². The summed E-state index contributed by atoms with van der Waals surface area (Å²) in [4.78, 5) is 12.8. The first-order chi connectivity index (χ1) is 16.2. The summed E-state index contributed by atoms with van der Waals surface area (Å²) in [6.45, 7) is 4.55. The van der Waals surface area contributed by atoms with Gasteiger partial charge in [-0.2, -0.15) is 0 Å². The summed E-state index contributed by atoms with van der Waals surface area (Å²) in [5.74, 6) is 1.86. The number of benzene rings is 2. The van der Waals surface area contributed by atoms with E-state index in [9.17, 15) is 4.79 Å². The number of hydrogen-bond acceptors (Lipinski definition) is 1. The van der Waals surface area contributed by atoms with Gasteiger partial charge >= 0.3 is 0 Å². The first kappa shape index (κ1) is 25.7. The van der Waals surface area contributed by atoms with Crippen LogP contribution in [0, 0.1) is 5.92 Å². The summed E-state index contributed by atoms with van der Waals surface area (Å²) in [5, 5.41) is 0. The smallest absolute Gasteiger partial charge is 0.167 e. The fraction of sp³-hybridized carbons (Fsp3) is 0.594. The van der Waals surface area contributed by atoms with Crippen LogP contribution < -0.4 is 0 Å².